The molecule has 0 saturated heterocycles. The molecule has 5 nitrogen and oxygen atoms in total. The van der Waals surface area contributed by atoms with Crippen molar-refractivity contribution in [2.75, 3.05) is 0 Å². The highest BCUT2D eigenvalue weighted by Gasteiger charge is 2.01. The Morgan fingerprint density at radius 2 is 2.50 bits per heavy atom. The molecule has 60 valence electrons. The third kappa shape index (κ3) is 0.952. The molecule has 12 heavy (non-hydrogen) atoms. The zero-order valence-electron chi connectivity index (χ0n) is 6.21. The second-order valence-corrected chi connectivity index (χ2v) is 2.35. The molecule has 2 rings (SSSR count). The summed E-state index contributed by atoms with van der Waals surface area (Å²) in [5, 5.41) is 11.0. The highest BCUT2D eigenvalue weighted by atomic mass is 16.1. The largest absolute Gasteiger partial charge is 0.303 e. The van der Waals surface area contributed by atoms with E-state index in [0.29, 0.717) is 12.1 Å². The van der Waals surface area contributed by atoms with E-state index >= 15 is 0 Å². The van der Waals surface area contributed by atoms with Gasteiger partial charge in [-0.05, 0) is 16.5 Å². The molecule has 0 saturated carbocycles. The van der Waals surface area contributed by atoms with Crippen LogP contribution in [0.4, 0.5) is 0 Å². The molecule has 2 aromatic heterocycles. The van der Waals surface area contributed by atoms with Crippen LogP contribution in [0.1, 0.15) is 5.56 Å². The van der Waals surface area contributed by atoms with Gasteiger partial charge in [-0.1, -0.05) is 6.07 Å². The van der Waals surface area contributed by atoms with Gasteiger partial charge < -0.3 is 4.79 Å². The number of aromatic nitrogens is 4. The molecular formula is C7H6N4O. The molecule has 2 aromatic rings. The van der Waals surface area contributed by atoms with E-state index in [2.05, 4.69) is 15.5 Å². The monoisotopic (exact) mass is 162 g/mol. The zero-order valence-corrected chi connectivity index (χ0v) is 6.21. The van der Waals surface area contributed by atoms with Crippen LogP contribution in [-0.2, 0) is 11.2 Å². The third-order valence-electron chi connectivity index (χ3n) is 1.61. The number of pyridine rings is 1. The number of tetrazole rings is 1. The van der Waals surface area contributed by atoms with Crippen molar-refractivity contribution < 1.29 is 4.79 Å². The normalized spacial score (nSPS) is 10.3. The summed E-state index contributed by atoms with van der Waals surface area (Å²) in [4.78, 5) is 10.3. The van der Waals surface area contributed by atoms with Gasteiger partial charge in [0.05, 0.1) is 0 Å². The van der Waals surface area contributed by atoms with Crippen LogP contribution >= 0.6 is 0 Å². The van der Waals surface area contributed by atoms with Gasteiger partial charge in [-0.25, -0.2) is 4.52 Å². The highest BCUT2D eigenvalue weighted by molar-refractivity contribution is 5.61. The molecule has 5 heteroatoms. The first kappa shape index (κ1) is 6.90. The van der Waals surface area contributed by atoms with E-state index in [9.17, 15) is 4.79 Å². The van der Waals surface area contributed by atoms with Crippen molar-refractivity contribution in [3.8, 4) is 0 Å². The Labute approximate surface area is 68.0 Å². The highest BCUT2D eigenvalue weighted by Crippen LogP contribution is 2.04. The van der Waals surface area contributed by atoms with Gasteiger partial charge in [0.15, 0.2) is 5.65 Å². The number of carbonyl (C=O) groups is 1. The lowest BCUT2D eigenvalue weighted by atomic mass is 10.2. The molecule has 0 atom stereocenters. The first-order valence-corrected chi connectivity index (χ1v) is 3.51. The Morgan fingerprint density at radius 3 is 3.33 bits per heavy atom. The maximum absolute atomic E-state index is 10.3. The van der Waals surface area contributed by atoms with Crippen LogP contribution in [0.15, 0.2) is 18.3 Å². The fraction of sp³-hybridized carbons (Fsp3) is 0.143. The molecule has 0 spiro atoms. The first-order chi connectivity index (χ1) is 5.92. The maximum Gasteiger partial charge on any atom is 0.182 e. The second kappa shape index (κ2) is 2.69. The number of carbonyl (C=O) groups excluding carboxylic acids is 1. The van der Waals surface area contributed by atoms with Crippen LogP contribution in [0.5, 0.6) is 0 Å². The Hall–Kier alpha value is -1.78. The summed E-state index contributed by atoms with van der Waals surface area (Å²) in [7, 11) is 0. The van der Waals surface area contributed by atoms with Gasteiger partial charge in [-0.3, -0.25) is 0 Å². The summed E-state index contributed by atoms with van der Waals surface area (Å²) >= 11 is 0. The lowest BCUT2D eigenvalue weighted by Crippen LogP contribution is -1.93. The van der Waals surface area contributed by atoms with Crippen molar-refractivity contribution in [2.45, 2.75) is 6.42 Å². The van der Waals surface area contributed by atoms with Crippen molar-refractivity contribution in [1.82, 2.24) is 20.0 Å². The molecule has 0 aliphatic carbocycles. The van der Waals surface area contributed by atoms with Gasteiger partial charge in [-0.2, -0.15) is 0 Å². The number of fused-ring (bicyclic) bond motifs is 1. The van der Waals surface area contributed by atoms with E-state index in [-0.39, 0.29) is 0 Å². The second-order valence-electron chi connectivity index (χ2n) is 2.35. The summed E-state index contributed by atoms with van der Waals surface area (Å²) < 4.78 is 1.54. The number of hydrogen-bond donors (Lipinski definition) is 0. The fourth-order valence-electron chi connectivity index (χ4n) is 1.07. The van der Waals surface area contributed by atoms with Gasteiger partial charge in [0.25, 0.3) is 0 Å². The number of rotatable bonds is 2. The van der Waals surface area contributed by atoms with E-state index in [1.54, 1.807) is 10.7 Å². The minimum Gasteiger partial charge on any atom is -0.303 e. The molecule has 0 unspecified atom stereocenters. The summed E-state index contributed by atoms with van der Waals surface area (Å²) in [6.45, 7) is 0. The maximum atomic E-state index is 10.3. The average molecular weight is 162 g/mol. The quantitative estimate of drug-likeness (QED) is 0.577. The summed E-state index contributed by atoms with van der Waals surface area (Å²) in [6.07, 6.45) is 2.93. The fourth-order valence-corrected chi connectivity index (χ4v) is 1.07. The van der Waals surface area contributed by atoms with Crippen LogP contribution in [0, 0.1) is 0 Å². The molecule has 2 heterocycles. The van der Waals surface area contributed by atoms with Crippen molar-refractivity contribution in [1.29, 1.82) is 0 Å². The van der Waals surface area contributed by atoms with E-state index < -0.39 is 0 Å². The van der Waals surface area contributed by atoms with Crippen molar-refractivity contribution in [3.63, 3.8) is 0 Å². The van der Waals surface area contributed by atoms with Crippen molar-refractivity contribution >= 4 is 11.9 Å². The smallest absolute Gasteiger partial charge is 0.182 e. The standard InChI is InChI=1S/C7H6N4O/c12-5-3-6-2-1-4-11-7(6)8-9-10-11/h1-2,4-5H,3H2. The number of nitrogens with zero attached hydrogens (tertiary/aromatic N) is 4. The summed E-state index contributed by atoms with van der Waals surface area (Å²) in [5.41, 5.74) is 1.49. The van der Waals surface area contributed by atoms with E-state index in [4.69, 9.17) is 0 Å². The molecule has 0 aliphatic heterocycles. The van der Waals surface area contributed by atoms with Crippen molar-refractivity contribution in [2.24, 2.45) is 0 Å². The van der Waals surface area contributed by atoms with E-state index in [0.717, 1.165) is 11.8 Å². The third-order valence-corrected chi connectivity index (χ3v) is 1.61. The average Bonchev–Trinajstić information content (AvgIpc) is 2.53. The lowest BCUT2D eigenvalue weighted by Gasteiger charge is -1.94. The Bertz CT molecular complexity index is 408. The van der Waals surface area contributed by atoms with Crippen LogP contribution in [0.2, 0.25) is 0 Å². The molecule has 0 fully saturated rings. The van der Waals surface area contributed by atoms with Crippen molar-refractivity contribution in [3.05, 3.63) is 23.9 Å². The van der Waals surface area contributed by atoms with E-state index in [1.807, 2.05) is 12.1 Å². The van der Waals surface area contributed by atoms with Gasteiger partial charge in [0.2, 0.25) is 0 Å². The molecule has 0 aromatic carbocycles. The van der Waals surface area contributed by atoms with Crippen LogP contribution in [-0.4, -0.2) is 26.3 Å². The SMILES string of the molecule is O=CCc1cccn2nnnc12. The molecule has 0 bridgehead atoms. The lowest BCUT2D eigenvalue weighted by molar-refractivity contribution is -0.107. The van der Waals surface area contributed by atoms with Gasteiger partial charge in [0, 0.05) is 18.2 Å². The minimum absolute atomic E-state index is 0.352. The first-order valence-electron chi connectivity index (χ1n) is 3.51. The molecule has 0 amide bonds. The number of hydrogen-bond acceptors (Lipinski definition) is 4. The summed E-state index contributed by atoms with van der Waals surface area (Å²) in [5.74, 6) is 0. The number of aldehydes is 1. The molecular weight excluding hydrogens is 156 g/mol. The predicted octanol–water partition coefficient (Wildman–Crippen LogP) is -0.134. The predicted molar refractivity (Wildman–Crippen MR) is 40.6 cm³/mol. The summed E-state index contributed by atoms with van der Waals surface area (Å²) in [6, 6.07) is 3.64. The van der Waals surface area contributed by atoms with Crippen LogP contribution in [0.25, 0.3) is 5.65 Å². The Kier molecular flexibility index (Phi) is 1.55. The molecule has 0 radical (unpaired) electrons. The Morgan fingerprint density at radius 1 is 1.58 bits per heavy atom. The van der Waals surface area contributed by atoms with Crippen LogP contribution in [0.3, 0.4) is 0 Å². The van der Waals surface area contributed by atoms with Gasteiger partial charge >= 0.3 is 0 Å². The van der Waals surface area contributed by atoms with Gasteiger partial charge in [0.1, 0.15) is 6.29 Å². The Balaban J connectivity index is 2.65. The zero-order chi connectivity index (χ0) is 8.39. The van der Waals surface area contributed by atoms with Gasteiger partial charge in [-0.15, -0.1) is 5.10 Å². The topological polar surface area (TPSA) is 60.2 Å². The molecule has 0 N–H and O–H groups in total. The van der Waals surface area contributed by atoms with E-state index in [1.165, 1.54) is 0 Å². The minimum atomic E-state index is 0.352. The van der Waals surface area contributed by atoms with Crippen LogP contribution < -0.4 is 0 Å². The molecule has 0 aliphatic rings.